The van der Waals surface area contributed by atoms with Crippen molar-refractivity contribution in [3.8, 4) is 0 Å². The van der Waals surface area contributed by atoms with E-state index in [2.05, 4.69) is 15.6 Å². The van der Waals surface area contributed by atoms with Gasteiger partial charge >= 0.3 is 0 Å². The molecule has 106 valence electrons. The molecule has 3 N–H and O–H groups in total. The van der Waals surface area contributed by atoms with Crippen LogP contribution in [0, 0.1) is 0 Å². The number of nitrogens with zero attached hydrogens (tertiary/aromatic N) is 1. The number of hydrogen-bond donors (Lipinski definition) is 3. The van der Waals surface area contributed by atoms with Crippen LogP contribution in [0.2, 0.25) is 0 Å². The molecule has 1 aromatic carbocycles. The molecule has 1 rings (SSSR count). The standard InChI is InChI=1S/C15H25N3O/c1-4-16-14(17-5-2)18-12-11-15(3,19)13-9-7-6-8-10-13/h6-10,19H,4-5,11-12H2,1-3H3,(H2,16,17,18). The Morgan fingerprint density at radius 1 is 1.16 bits per heavy atom. The maximum absolute atomic E-state index is 10.4. The van der Waals surface area contributed by atoms with E-state index >= 15 is 0 Å². The number of aliphatic hydroxyl groups is 1. The van der Waals surface area contributed by atoms with Gasteiger partial charge in [-0.05, 0) is 32.8 Å². The lowest BCUT2D eigenvalue weighted by Crippen LogP contribution is -2.37. The highest BCUT2D eigenvalue weighted by molar-refractivity contribution is 5.79. The number of benzene rings is 1. The molecule has 0 spiro atoms. The molecule has 4 nitrogen and oxygen atoms in total. The van der Waals surface area contributed by atoms with Crippen LogP contribution >= 0.6 is 0 Å². The van der Waals surface area contributed by atoms with Crippen molar-refractivity contribution in [2.75, 3.05) is 19.6 Å². The van der Waals surface area contributed by atoms with Gasteiger partial charge in [-0.15, -0.1) is 0 Å². The fourth-order valence-electron chi connectivity index (χ4n) is 1.84. The average Bonchev–Trinajstić information content (AvgIpc) is 2.40. The summed E-state index contributed by atoms with van der Waals surface area (Å²) >= 11 is 0. The number of aliphatic imine (C=N–C) groups is 1. The van der Waals surface area contributed by atoms with Crippen LogP contribution in [-0.2, 0) is 5.60 Å². The first-order valence-electron chi connectivity index (χ1n) is 6.90. The van der Waals surface area contributed by atoms with Crippen molar-refractivity contribution >= 4 is 5.96 Å². The molecule has 0 aliphatic heterocycles. The Balaban J connectivity index is 2.57. The normalized spacial score (nSPS) is 13.5. The van der Waals surface area contributed by atoms with Crippen LogP contribution in [0.15, 0.2) is 35.3 Å². The summed E-state index contributed by atoms with van der Waals surface area (Å²) in [6, 6.07) is 9.72. The molecule has 0 saturated heterocycles. The van der Waals surface area contributed by atoms with E-state index in [1.165, 1.54) is 0 Å². The number of hydrogen-bond acceptors (Lipinski definition) is 2. The second-order valence-electron chi connectivity index (χ2n) is 4.68. The molecule has 4 heteroatoms. The predicted molar refractivity (Wildman–Crippen MR) is 80.3 cm³/mol. The second kappa shape index (κ2) is 7.79. The third-order valence-corrected chi connectivity index (χ3v) is 2.95. The summed E-state index contributed by atoms with van der Waals surface area (Å²) < 4.78 is 0. The van der Waals surface area contributed by atoms with Crippen LogP contribution in [0.1, 0.15) is 32.8 Å². The van der Waals surface area contributed by atoms with E-state index in [4.69, 9.17) is 0 Å². The monoisotopic (exact) mass is 263 g/mol. The van der Waals surface area contributed by atoms with E-state index in [1.807, 2.05) is 51.1 Å². The number of nitrogens with one attached hydrogen (secondary N) is 2. The second-order valence-corrected chi connectivity index (χ2v) is 4.68. The highest BCUT2D eigenvalue weighted by atomic mass is 16.3. The molecule has 0 saturated carbocycles. The zero-order valence-corrected chi connectivity index (χ0v) is 12.1. The summed E-state index contributed by atoms with van der Waals surface area (Å²) in [6.07, 6.45) is 0.595. The van der Waals surface area contributed by atoms with Crippen LogP contribution in [0.25, 0.3) is 0 Å². The van der Waals surface area contributed by atoms with E-state index in [1.54, 1.807) is 0 Å². The van der Waals surface area contributed by atoms with Crippen molar-refractivity contribution in [1.82, 2.24) is 10.6 Å². The number of guanidine groups is 1. The van der Waals surface area contributed by atoms with Crippen molar-refractivity contribution in [2.45, 2.75) is 32.8 Å². The van der Waals surface area contributed by atoms with Crippen molar-refractivity contribution in [2.24, 2.45) is 4.99 Å². The maximum atomic E-state index is 10.4. The van der Waals surface area contributed by atoms with E-state index < -0.39 is 5.60 Å². The fraction of sp³-hybridized carbons (Fsp3) is 0.533. The lowest BCUT2D eigenvalue weighted by Gasteiger charge is -2.23. The van der Waals surface area contributed by atoms with Crippen molar-refractivity contribution < 1.29 is 5.11 Å². The fourth-order valence-corrected chi connectivity index (χ4v) is 1.84. The quantitative estimate of drug-likeness (QED) is 0.542. The molecular formula is C15H25N3O. The summed E-state index contributed by atoms with van der Waals surface area (Å²) in [6.45, 7) is 8.15. The molecule has 1 atom stereocenters. The van der Waals surface area contributed by atoms with Gasteiger partial charge in [0.1, 0.15) is 0 Å². The summed E-state index contributed by atoms with van der Waals surface area (Å²) in [5, 5.41) is 16.8. The Kier molecular flexibility index (Phi) is 6.36. The summed E-state index contributed by atoms with van der Waals surface area (Å²) in [4.78, 5) is 4.45. The first-order valence-corrected chi connectivity index (χ1v) is 6.90. The summed E-state index contributed by atoms with van der Waals surface area (Å²) in [5.74, 6) is 0.800. The van der Waals surface area contributed by atoms with Crippen molar-refractivity contribution in [3.63, 3.8) is 0 Å². The minimum Gasteiger partial charge on any atom is -0.385 e. The minimum absolute atomic E-state index is 0.581. The molecule has 19 heavy (non-hydrogen) atoms. The first kappa shape index (κ1) is 15.5. The minimum atomic E-state index is -0.839. The Morgan fingerprint density at radius 3 is 2.26 bits per heavy atom. The molecule has 0 radical (unpaired) electrons. The lowest BCUT2D eigenvalue weighted by atomic mass is 9.93. The third kappa shape index (κ3) is 5.30. The van der Waals surface area contributed by atoms with Crippen molar-refractivity contribution in [3.05, 3.63) is 35.9 Å². The molecule has 0 fully saturated rings. The highest BCUT2D eigenvalue weighted by Gasteiger charge is 2.21. The van der Waals surface area contributed by atoms with Gasteiger partial charge in [0.25, 0.3) is 0 Å². The van der Waals surface area contributed by atoms with Gasteiger partial charge in [0, 0.05) is 19.6 Å². The van der Waals surface area contributed by atoms with Gasteiger partial charge in [0.2, 0.25) is 0 Å². The molecule has 1 unspecified atom stereocenters. The molecule has 0 amide bonds. The molecule has 0 heterocycles. The van der Waals surface area contributed by atoms with Gasteiger partial charge in [-0.3, -0.25) is 4.99 Å². The largest absolute Gasteiger partial charge is 0.385 e. The van der Waals surface area contributed by atoms with Gasteiger partial charge < -0.3 is 15.7 Å². The SMILES string of the molecule is CCNC(=NCCC(C)(O)c1ccccc1)NCC. The van der Waals surface area contributed by atoms with E-state index in [-0.39, 0.29) is 0 Å². The molecule has 1 aromatic rings. The van der Waals surface area contributed by atoms with Gasteiger partial charge in [0.15, 0.2) is 5.96 Å². The Hall–Kier alpha value is -1.55. The number of rotatable bonds is 6. The molecule has 0 aliphatic rings. The zero-order valence-electron chi connectivity index (χ0n) is 12.1. The third-order valence-electron chi connectivity index (χ3n) is 2.95. The predicted octanol–water partition coefficient (Wildman–Crippen LogP) is 1.86. The average molecular weight is 263 g/mol. The Labute approximate surface area is 116 Å². The smallest absolute Gasteiger partial charge is 0.191 e. The van der Waals surface area contributed by atoms with Crippen LogP contribution in [-0.4, -0.2) is 30.7 Å². The van der Waals surface area contributed by atoms with E-state index in [9.17, 15) is 5.11 Å². The van der Waals surface area contributed by atoms with Gasteiger partial charge in [0.05, 0.1) is 5.60 Å². The van der Waals surface area contributed by atoms with E-state index in [0.717, 1.165) is 24.6 Å². The van der Waals surface area contributed by atoms with E-state index in [0.29, 0.717) is 13.0 Å². The van der Waals surface area contributed by atoms with Gasteiger partial charge in [-0.1, -0.05) is 30.3 Å². The summed E-state index contributed by atoms with van der Waals surface area (Å²) in [7, 11) is 0. The first-order chi connectivity index (χ1) is 9.10. The van der Waals surface area contributed by atoms with Crippen LogP contribution in [0.5, 0.6) is 0 Å². The molecular weight excluding hydrogens is 238 g/mol. The van der Waals surface area contributed by atoms with Crippen molar-refractivity contribution in [1.29, 1.82) is 0 Å². The van der Waals surface area contributed by atoms with Gasteiger partial charge in [-0.2, -0.15) is 0 Å². The molecule has 0 aromatic heterocycles. The zero-order chi connectivity index (χ0) is 14.1. The Morgan fingerprint density at radius 2 is 1.74 bits per heavy atom. The van der Waals surface area contributed by atoms with Crippen LogP contribution < -0.4 is 10.6 Å². The molecule has 0 aliphatic carbocycles. The van der Waals surface area contributed by atoms with Gasteiger partial charge in [-0.25, -0.2) is 0 Å². The summed E-state index contributed by atoms with van der Waals surface area (Å²) in [5.41, 5.74) is 0.0903. The lowest BCUT2D eigenvalue weighted by molar-refractivity contribution is 0.0505. The van der Waals surface area contributed by atoms with Crippen LogP contribution in [0.3, 0.4) is 0 Å². The molecule has 0 bridgehead atoms. The topological polar surface area (TPSA) is 56.7 Å². The highest BCUT2D eigenvalue weighted by Crippen LogP contribution is 2.23. The maximum Gasteiger partial charge on any atom is 0.191 e. The Bertz CT molecular complexity index is 380. The van der Waals surface area contributed by atoms with Crippen LogP contribution in [0.4, 0.5) is 0 Å².